The van der Waals surface area contributed by atoms with Gasteiger partial charge in [0.05, 0.1) is 6.07 Å². The Hall–Kier alpha value is -1.28. The van der Waals surface area contributed by atoms with Crippen molar-refractivity contribution in [1.29, 1.82) is 5.26 Å². The highest BCUT2D eigenvalue weighted by atomic mass is 79.9. The molecule has 0 N–H and O–H groups in total. The van der Waals surface area contributed by atoms with Crippen LogP contribution in [0.4, 0.5) is 0 Å². The molecule has 0 aliphatic carbocycles. The SMILES string of the molecule is CC(C)N(CC#N)C(=O)c1ccc(Br)o1. The summed E-state index contributed by atoms with van der Waals surface area (Å²) in [4.78, 5) is 13.3. The lowest BCUT2D eigenvalue weighted by Crippen LogP contribution is -2.37. The zero-order valence-corrected chi connectivity index (χ0v) is 10.1. The Bertz CT molecular complexity index is 392. The number of nitriles is 1. The first-order valence-corrected chi connectivity index (χ1v) is 5.28. The van der Waals surface area contributed by atoms with Crippen LogP contribution in [-0.2, 0) is 0 Å². The fourth-order valence-electron chi connectivity index (χ4n) is 1.14. The Morgan fingerprint density at radius 2 is 2.33 bits per heavy atom. The van der Waals surface area contributed by atoms with Crippen molar-refractivity contribution in [2.75, 3.05) is 6.54 Å². The molecule has 1 heterocycles. The lowest BCUT2D eigenvalue weighted by Gasteiger charge is -2.22. The van der Waals surface area contributed by atoms with Crippen molar-refractivity contribution in [2.45, 2.75) is 19.9 Å². The van der Waals surface area contributed by atoms with Crippen LogP contribution in [-0.4, -0.2) is 23.4 Å². The summed E-state index contributed by atoms with van der Waals surface area (Å²) < 4.78 is 5.64. The second-order valence-corrected chi connectivity index (χ2v) is 4.07. The van der Waals surface area contributed by atoms with Gasteiger partial charge in [-0.25, -0.2) is 0 Å². The van der Waals surface area contributed by atoms with Gasteiger partial charge in [0.15, 0.2) is 10.4 Å². The second kappa shape index (κ2) is 4.99. The van der Waals surface area contributed by atoms with E-state index in [-0.39, 0.29) is 24.3 Å². The molecule has 0 saturated heterocycles. The van der Waals surface area contributed by atoms with Gasteiger partial charge in [-0.15, -0.1) is 0 Å². The molecule has 5 heteroatoms. The number of hydrogen-bond acceptors (Lipinski definition) is 3. The smallest absolute Gasteiger partial charge is 0.290 e. The third kappa shape index (κ3) is 2.83. The quantitative estimate of drug-likeness (QED) is 0.793. The Kier molecular flexibility index (Phi) is 3.92. The first kappa shape index (κ1) is 11.8. The van der Waals surface area contributed by atoms with E-state index in [0.717, 1.165) is 0 Å². The maximum Gasteiger partial charge on any atom is 0.290 e. The molecule has 0 bridgehead atoms. The molecule has 1 amide bonds. The van der Waals surface area contributed by atoms with Crippen LogP contribution >= 0.6 is 15.9 Å². The van der Waals surface area contributed by atoms with Gasteiger partial charge < -0.3 is 9.32 Å². The molecule has 0 aliphatic rings. The van der Waals surface area contributed by atoms with E-state index in [1.54, 1.807) is 12.1 Å². The highest BCUT2D eigenvalue weighted by Crippen LogP contribution is 2.16. The normalized spacial score (nSPS) is 10.1. The summed E-state index contributed by atoms with van der Waals surface area (Å²) in [6.45, 7) is 3.77. The van der Waals surface area contributed by atoms with Crippen LogP contribution in [0.25, 0.3) is 0 Å². The number of carbonyl (C=O) groups is 1. The molecule has 1 rings (SSSR count). The summed E-state index contributed by atoms with van der Waals surface area (Å²) >= 11 is 3.12. The van der Waals surface area contributed by atoms with Crippen LogP contribution in [0.3, 0.4) is 0 Å². The van der Waals surface area contributed by atoms with Crippen molar-refractivity contribution >= 4 is 21.8 Å². The molecular weight excluding hydrogens is 260 g/mol. The van der Waals surface area contributed by atoms with Crippen molar-refractivity contribution in [3.63, 3.8) is 0 Å². The monoisotopic (exact) mass is 270 g/mol. The molecule has 0 aromatic carbocycles. The number of rotatable bonds is 3. The molecular formula is C10H11BrN2O2. The van der Waals surface area contributed by atoms with Crippen LogP contribution in [0.15, 0.2) is 21.2 Å². The second-order valence-electron chi connectivity index (χ2n) is 3.29. The minimum absolute atomic E-state index is 0.0268. The highest BCUT2D eigenvalue weighted by Gasteiger charge is 2.21. The highest BCUT2D eigenvalue weighted by molar-refractivity contribution is 9.10. The minimum Gasteiger partial charge on any atom is -0.444 e. The third-order valence-corrected chi connectivity index (χ3v) is 2.34. The van der Waals surface area contributed by atoms with Crippen LogP contribution in [0.2, 0.25) is 0 Å². The van der Waals surface area contributed by atoms with Crippen LogP contribution in [0.1, 0.15) is 24.4 Å². The van der Waals surface area contributed by atoms with Gasteiger partial charge in [-0.3, -0.25) is 4.79 Å². The molecule has 0 unspecified atom stereocenters. The average Bonchev–Trinajstić information content (AvgIpc) is 2.59. The molecule has 0 radical (unpaired) electrons. The summed E-state index contributed by atoms with van der Waals surface area (Å²) in [5.74, 6) is -0.0249. The number of amides is 1. The molecule has 0 spiro atoms. The third-order valence-electron chi connectivity index (χ3n) is 1.91. The van der Waals surface area contributed by atoms with E-state index in [1.165, 1.54) is 4.90 Å². The van der Waals surface area contributed by atoms with E-state index >= 15 is 0 Å². The van der Waals surface area contributed by atoms with E-state index < -0.39 is 0 Å². The predicted molar refractivity (Wildman–Crippen MR) is 58.2 cm³/mol. The molecule has 0 aliphatic heterocycles. The number of nitrogens with zero attached hydrogens (tertiary/aromatic N) is 2. The topological polar surface area (TPSA) is 57.2 Å². The molecule has 1 aromatic rings. The van der Waals surface area contributed by atoms with Crippen molar-refractivity contribution in [2.24, 2.45) is 0 Å². The van der Waals surface area contributed by atoms with E-state index in [9.17, 15) is 4.79 Å². The largest absolute Gasteiger partial charge is 0.444 e. The Morgan fingerprint density at radius 3 is 2.73 bits per heavy atom. The lowest BCUT2D eigenvalue weighted by atomic mass is 10.3. The number of furan rings is 1. The minimum atomic E-state index is -0.266. The van der Waals surface area contributed by atoms with E-state index in [2.05, 4.69) is 15.9 Å². The van der Waals surface area contributed by atoms with E-state index in [1.807, 2.05) is 19.9 Å². The van der Waals surface area contributed by atoms with Crippen LogP contribution in [0, 0.1) is 11.3 Å². The van der Waals surface area contributed by atoms with Gasteiger partial charge in [-0.05, 0) is 41.9 Å². The summed E-state index contributed by atoms with van der Waals surface area (Å²) in [7, 11) is 0. The van der Waals surface area contributed by atoms with Crippen molar-refractivity contribution in [3.8, 4) is 6.07 Å². The molecule has 15 heavy (non-hydrogen) atoms. The van der Waals surface area contributed by atoms with Crippen LogP contribution in [0.5, 0.6) is 0 Å². The van der Waals surface area contributed by atoms with Crippen molar-refractivity contribution < 1.29 is 9.21 Å². The van der Waals surface area contributed by atoms with Crippen molar-refractivity contribution in [1.82, 2.24) is 4.90 Å². The zero-order chi connectivity index (χ0) is 11.4. The van der Waals surface area contributed by atoms with Gasteiger partial charge in [0.25, 0.3) is 5.91 Å². The number of hydrogen-bond donors (Lipinski definition) is 0. The summed E-state index contributed by atoms with van der Waals surface area (Å²) in [6, 6.07) is 5.16. The molecule has 0 atom stereocenters. The van der Waals surface area contributed by atoms with E-state index in [0.29, 0.717) is 4.67 Å². The maximum atomic E-state index is 11.8. The summed E-state index contributed by atoms with van der Waals surface area (Å²) in [5, 5.41) is 8.60. The molecule has 4 nitrogen and oxygen atoms in total. The fraction of sp³-hybridized carbons (Fsp3) is 0.400. The average molecular weight is 271 g/mol. The first-order valence-electron chi connectivity index (χ1n) is 4.49. The standard InChI is InChI=1S/C10H11BrN2O2/c1-7(2)13(6-5-12)10(14)8-3-4-9(11)15-8/h3-4,7H,6H2,1-2H3. The number of halogens is 1. The first-order chi connectivity index (χ1) is 7.06. The van der Waals surface area contributed by atoms with Crippen LogP contribution < -0.4 is 0 Å². The maximum absolute atomic E-state index is 11.8. The van der Waals surface area contributed by atoms with E-state index in [4.69, 9.17) is 9.68 Å². The lowest BCUT2D eigenvalue weighted by molar-refractivity contribution is 0.0697. The van der Waals surface area contributed by atoms with Gasteiger partial charge in [-0.1, -0.05) is 0 Å². The van der Waals surface area contributed by atoms with Gasteiger partial charge in [0.2, 0.25) is 0 Å². The van der Waals surface area contributed by atoms with Gasteiger partial charge >= 0.3 is 0 Å². The molecule has 1 aromatic heterocycles. The fourth-order valence-corrected chi connectivity index (χ4v) is 1.44. The Balaban J connectivity index is 2.86. The van der Waals surface area contributed by atoms with Gasteiger partial charge in [0.1, 0.15) is 6.54 Å². The van der Waals surface area contributed by atoms with Gasteiger partial charge in [-0.2, -0.15) is 5.26 Å². The predicted octanol–water partition coefficient (Wildman–Crippen LogP) is 2.42. The number of carbonyl (C=O) groups excluding carboxylic acids is 1. The molecule has 80 valence electrons. The Labute approximate surface area is 96.6 Å². The zero-order valence-electron chi connectivity index (χ0n) is 8.53. The molecule has 0 fully saturated rings. The van der Waals surface area contributed by atoms with Gasteiger partial charge in [0, 0.05) is 6.04 Å². The van der Waals surface area contributed by atoms with Crippen molar-refractivity contribution in [3.05, 3.63) is 22.6 Å². The summed E-state index contributed by atoms with van der Waals surface area (Å²) in [6.07, 6.45) is 0. The molecule has 0 saturated carbocycles. The Morgan fingerprint density at radius 1 is 1.67 bits per heavy atom. The summed E-state index contributed by atoms with van der Waals surface area (Å²) in [5.41, 5.74) is 0.